The largest absolute Gasteiger partial charge is 0.415 e. The molecule has 0 amide bonds. The first kappa shape index (κ1) is 23.2. The Labute approximate surface area is 157 Å². The summed E-state index contributed by atoms with van der Waals surface area (Å²) in [4.78, 5) is 0.138. The summed E-state index contributed by atoms with van der Waals surface area (Å²) in [6, 6.07) is 8.02. The maximum absolute atomic E-state index is 11.8. The van der Waals surface area contributed by atoms with Crippen LogP contribution >= 0.6 is 0 Å². The molecule has 0 unspecified atom stereocenters. The first-order valence-corrected chi connectivity index (χ1v) is 13.4. The maximum atomic E-state index is 11.8. The third kappa shape index (κ3) is 11.7. The molecule has 9 heteroatoms. The zero-order valence-corrected chi connectivity index (χ0v) is 17.6. The van der Waals surface area contributed by atoms with Gasteiger partial charge in [0, 0.05) is 0 Å². The van der Waals surface area contributed by atoms with Gasteiger partial charge in [0.05, 0.1) is 57.8 Å². The number of rotatable bonds is 15. The highest BCUT2D eigenvalue weighted by molar-refractivity contribution is 7.86. The predicted octanol–water partition coefficient (Wildman–Crippen LogP) is 2.29. The Hall–Kier alpha value is -0.813. The van der Waals surface area contributed by atoms with E-state index < -0.39 is 18.4 Å². The quantitative estimate of drug-likeness (QED) is 0.251. The van der Waals surface area contributed by atoms with Gasteiger partial charge in [-0.05, 0) is 31.8 Å². The molecule has 7 nitrogen and oxygen atoms in total. The van der Waals surface area contributed by atoms with Crippen LogP contribution in [0, 0.1) is 0 Å². The fraction of sp³-hybridized carbons (Fsp3) is 0.647. The van der Waals surface area contributed by atoms with Gasteiger partial charge in [-0.25, -0.2) is 0 Å². The van der Waals surface area contributed by atoms with Crippen molar-refractivity contribution < 1.29 is 31.2 Å². The van der Waals surface area contributed by atoms with E-state index in [9.17, 15) is 8.42 Å². The van der Waals surface area contributed by atoms with Crippen LogP contribution in [0.1, 0.15) is 0 Å². The van der Waals surface area contributed by atoms with Gasteiger partial charge in [-0.15, -0.1) is 0 Å². The maximum Gasteiger partial charge on any atom is 0.297 e. The molecule has 0 saturated heterocycles. The zero-order chi connectivity index (χ0) is 19.3. The molecular formula is C17H30O7SSi. The molecule has 0 heterocycles. The first-order chi connectivity index (χ1) is 12.3. The molecule has 0 fully saturated rings. The van der Waals surface area contributed by atoms with Gasteiger partial charge in [-0.3, -0.25) is 4.18 Å². The van der Waals surface area contributed by atoms with Crippen LogP contribution in [0.2, 0.25) is 19.6 Å². The van der Waals surface area contributed by atoms with Crippen molar-refractivity contribution in [2.45, 2.75) is 24.5 Å². The molecular weight excluding hydrogens is 376 g/mol. The minimum absolute atomic E-state index is 0.0303. The molecule has 0 atom stereocenters. The highest BCUT2D eigenvalue weighted by Gasteiger charge is 2.14. The zero-order valence-electron chi connectivity index (χ0n) is 15.8. The Kier molecular flexibility index (Phi) is 11.2. The summed E-state index contributed by atoms with van der Waals surface area (Å²) in [5, 5.41) is 0. The molecule has 0 aliphatic rings. The van der Waals surface area contributed by atoms with Crippen LogP contribution in [-0.4, -0.2) is 69.6 Å². The molecule has 150 valence electrons. The van der Waals surface area contributed by atoms with Crippen molar-refractivity contribution in [1.82, 2.24) is 0 Å². The number of hydrogen-bond donors (Lipinski definition) is 0. The molecule has 1 aromatic rings. The molecule has 0 saturated carbocycles. The van der Waals surface area contributed by atoms with Gasteiger partial charge >= 0.3 is 0 Å². The van der Waals surface area contributed by atoms with Crippen molar-refractivity contribution in [2.24, 2.45) is 0 Å². The smallest absolute Gasteiger partial charge is 0.297 e. The van der Waals surface area contributed by atoms with Gasteiger partial charge in [0.25, 0.3) is 10.1 Å². The first-order valence-electron chi connectivity index (χ1n) is 8.63. The average molecular weight is 407 g/mol. The van der Waals surface area contributed by atoms with Crippen molar-refractivity contribution in [2.75, 3.05) is 52.9 Å². The minimum Gasteiger partial charge on any atom is -0.415 e. The Morgan fingerprint density at radius 3 is 1.69 bits per heavy atom. The molecule has 0 aromatic heterocycles. The summed E-state index contributed by atoms with van der Waals surface area (Å²) in [6.07, 6.45) is 0. The van der Waals surface area contributed by atoms with Crippen molar-refractivity contribution in [3.8, 4) is 0 Å². The van der Waals surface area contributed by atoms with E-state index in [1.165, 1.54) is 12.1 Å². The summed E-state index contributed by atoms with van der Waals surface area (Å²) in [5.41, 5.74) is 0. The number of ether oxygens (including phenoxy) is 3. The van der Waals surface area contributed by atoms with Gasteiger partial charge in [-0.2, -0.15) is 8.42 Å². The molecule has 1 rings (SSSR count). The topological polar surface area (TPSA) is 80.3 Å². The van der Waals surface area contributed by atoms with Crippen LogP contribution < -0.4 is 0 Å². The molecule has 0 bridgehead atoms. The van der Waals surface area contributed by atoms with Crippen molar-refractivity contribution in [3.05, 3.63) is 30.3 Å². The van der Waals surface area contributed by atoms with Crippen LogP contribution in [-0.2, 0) is 32.9 Å². The Morgan fingerprint density at radius 2 is 1.19 bits per heavy atom. The van der Waals surface area contributed by atoms with E-state index in [1.54, 1.807) is 18.2 Å². The van der Waals surface area contributed by atoms with Gasteiger partial charge in [0.15, 0.2) is 8.32 Å². The lowest BCUT2D eigenvalue weighted by molar-refractivity contribution is 0.00490. The summed E-state index contributed by atoms with van der Waals surface area (Å²) in [6.45, 7) is 9.52. The van der Waals surface area contributed by atoms with Crippen LogP contribution in [0.5, 0.6) is 0 Å². The molecule has 1 aromatic carbocycles. The van der Waals surface area contributed by atoms with Crippen LogP contribution in [0.4, 0.5) is 0 Å². The van der Waals surface area contributed by atoms with E-state index in [0.29, 0.717) is 39.6 Å². The number of benzene rings is 1. The lowest BCUT2D eigenvalue weighted by atomic mass is 10.4. The van der Waals surface area contributed by atoms with Crippen LogP contribution in [0.25, 0.3) is 0 Å². The van der Waals surface area contributed by atoms with E-state index in [-0.39, 0.29) is 18.1 Å². The third-order valence-electron chi connectivity index (χ3n) is 3.00. The van der Waals surface area contributed by atoms with E-state index in [2.05, 4.69) is 19.6 Å². The monoisotopic (exact) mass is 406 g/mol. The lowest BCUT2D eigenvalue weighted by Crippen LogP contribution is -2.27. The molecule has 0 aliphatic heterocycles. The fourth-order valence-electron chi connectivity index (χ4n) is 1.81. The van der Waals surface area contributed by atoms with Crippen molar-refractivity contribution >= 4 is 18.4 Å². The SMILES string of the molecule is C[Si](C)(C)OCCOCCOCCOCCOS(=O)(=O)c1ccccc1. The fourth-order valence-corrected chi connectivity index (χ4v) is 3.42. The average Bonchev–Trinajstić information content (AvgIpc) is 2.59. The second-order valence-electron chi connectivity index (χ2n) is 6.39. The number of hydrogen-bond acceptors (Lipinski definition) is 7. The van der Waals surface area contributed by atoms with E-state index >= 15 is 0 Å². The van der Waals surface area contributed by atoms with Gasteiger partial charge < -0.3 is 18.6 Å². The van der Waals surface area contributed by atoms with Gasteiger partial charge in [0.2, 0.25) is 0 Å². The molecule has 0 N–H and O–H groups in total. The van der Waals surface area contributed by atoms with E-state index in [1.807, 2.05) is 0 Å². The van der Waals surface area contributed by atoms with Gasteiger partial charge in [-0.1, -0.05) is 18.2 Å². The highest BCUT2D eigenvalue weighted by Crippen LogP contribution is 2.10. The van der Waals surface area contributed by atoms with Gasteiger partial charge in [0.1, 0.15) is 0 Å². The second kappa shape index (κ2) is 12.6. The van der Waals surface area contributed by atoms with E-state index in [4.69, 9.17) is 22.8 Å². The third-order valence-corrected chi connectivity index (χ3v) is 5.40. The normalized spacial score (nSPS) is 12.4. The summed E-state index contributed by atoms with van der Waals surface area (Å²) >= 11 is 0. The second-order valence-corrected chi connectivity index (χ2v) is 12.5. The Bertz CT molecular complexity index is 573. The van der Waals surface area contributed by atoms with Crippen molar-refractivity contribution in [1.29, 1.82) is 0 Å². The molecule has 26 heavy (non-hydrogen) atoms. The Balaban J connectivity index is 1.91. The summed E-state index contributed by atoms with van der Waals surface area (Å²) in [7, 11) is -5.18. The van der Waals surface area contributed by atoms with E-state index in [0.717, 1.165) is 0 Å². The molecule has 0 aliphatic carbocycles. The minimum atomic E-state index is -3.72. The lowest BCUT2D eigenvalue weighted by Gasteiger charge is -2.16. The van der Waals surface area contributed by atoms with Crippen LogP contribution in [0.15, 0.2) is 35.2 Å². The Morgan fingerprint density at radius 1 is 0.731 bits per heavy atom. The predicted molar refractivity (Wildman–Crippen MR) is 101 cm³/mol. The standard InChI is InChI=1S/C17H30O7SSi/c1-26(2,3)24-16-14-22-12-10-20-9-11-21-13-15-23-25(18,19)17-7-5-4-6-8-17/h4-8H,9-16H2,1-3H3. The van der Waals surface area contributed by atoms with Crippen molar-refractivity contribution in [3.63, 3.8) is 0 Å². The molecule has 0 spiro atoms. The molecule has 0 radical (unpaired) electrons. The van der Waals surface area contributed by atoms with Crippen LogP contribution in [0.3, 0.4) is 0 Å². The summed E-state index contributed by atoms with van der Waals surface area (Å²) < 4.78 is 50.3. The highest BCUT2D eigenvalue weighted by atomic mass is 32.2. The summed E-state index contributed by atoms with van der Waals surface area (Å²) in [5.74, 6) is 0.